The number of halogens is 4. The average molecular weight is 415 g/mol. The molecule has 0 unspecified atom stereocenters. The lowest BCUT2D eigenvalue weighted by atomic mass is 9.65. The Morgan fingerprint density at radius 1 is 0.917 bits per heavy atom. The highest BCUT2D eigenvalue weighted by Gasteiger charge is 2.85. The van der Waals surface area contributed by atoms with E-state index in [0.717, 1.165) is 0 Å². The summed E-state index contributed by atoms with van der Waals surface area (Å²) in [6.45, 7) is 0. The van der Waals surface area contributed by atoms with Crippen LogP contribution in [0.15, 0.2) is 10.1 Å². The van der Waals surface area contributed by atoms with Crippen LogP contribution in [0.4, 0.5) is 0 Å². The van der Waals surface area contributed by atoms with Crippen LogP contribution < -0.4 is 5.32 Å². The van der Waals surface area contributed by atoms with Crippen molar-refractivity contribution in [3.63, 3.8) is 0 Å². The Bertz CT molecular complexity index is 641. The fourth-order valence-electron chi connectivity index (χ4n) is 5.33. The Morgan fingerprint density at radius 3 is 1.62 bits per heavy atom. The molecule has 4 rings (SSSR count). The summed E-state index contributed by atoms with van der Waals surface area (Å²) in [7, 11) is 2.88. The fraction of sp³-hybridized carbons (Fsp3) is 0.733. The van der Waals surface area contributed by atoms with E-state index in [1.807, 2.05) is 0 Å². The number of hydrogen-bond donors (Lipinski definition) is 1. The molecular weight excluding hydrogens is 400 g/mol. The standard InChI is InChI=1S/C15H15Cl4NO4/c1-23-15(24-2)13(18)7-3-5-6(12(22)20-11(5)21)4-8(7)14(15,19)10(17)9(13)16/h5-8H,3-4H2,1-2H3,(H,20,21,22)/t5-,6-,7-,8+,13-,14+/m1/s1. The zero-order chi connectivity index (χ0) is 17.7. The van der Waals surface area contributed by atoms with Crippen LogP contribution in [0.3, 0.4) is 0 Å². The minimum Gasteiger partial charge on any atom is -0.350 e. The lowest BCUT2D eigenvalue weighted by molar-refractivity contribution is -0.220. The number of amides is 2. The maximum Gasteiger partial charge on any atom is 0.230 e. The monoisotopic (exact) mass is 413 g/mol. The van der Waals surface area contributed by atoms with Crippen LogP contribution in [0.25, 0.3) is 0 Å². The third-order valence-corrected chi connectivity index (χ3v) is 8.99. The van der Waals surface area contributed by atoms with Gasteiger partial charge in [-0.1, -0.05) is 23.2 Å². The molecule has 4 aliphatic rings. The van der Waals surface area contributed by atoms with Gasteiger partial charge < -0.3 is 9.47 Å². The number of carbonyl (C=O) groups is 2. The molecule has 3 aliphatic carbocycles. The number of carbonyl (C=O) groups excluding carboxylic acids is 2. The Hall–Kier alpha value is -0.0400. The first-order valence-corrected chi connectivity index (χ1v) is 9.11. The van der Waals surface area contributed by atoms with E-state index in [1.54, 1.807) is 0 Å². The molecule has 0 aromatic heterocycles. The van der Waals surface area contributed by atoms with Crippen molar-refractivity contribution in [2.24, 2.45) is 23.7 Å². The average Bonchev–Trinajstić information content (AvgIpc) is 2.99. The number of hydrogen-bond acceptors (Lipinski definition) is 4. The molecule has 132 valence electrons. The molecular formula is C15H15Cl4NO4. The molecule has 9 heteroatoms. The van der Waals surface area contributed by atoms with Crippen LogP contribution in [0.1, 0.15) is 12.8 Å². The maximum absolute atomic E-state index is 12.1. The third-order valence-electron chi connectivity index (χ3n) is 6.29. The molecule has 5 nitrogen and oxygen atoms in total. The second-order valence-corrected chi connectivity index (χ2v) is 8.78. The zero-order valence-corrected chi connectivity index (χ0v) is 15.9. The molecule has 1 heterocycles. The summed E-state index contributed by atoms with van der Waals surface area (Å²) in [6, 6.07) is 0. The molecule has 3 fully saturated rings. The van der Waals surface area contributed by atoms with E-state index < -0.39 is 27.4 Å². The van der Waals surface area contributed by atoms with Crippen molar-refractivity contribution in [1.29, 1.82) is 0 Å². The lowest BCUT2D eigenvalue weighted by Gasteiger charge is -2.42. The van der Waals surface area contributed by atoms with Crippen LogP contribution in [-0.2, 0) is 19.1 Å². The van der Waals surface area contributed by atoms with E-state index in [9.17, 15) is 9.59 Å². The number of imide groups is 1. The number of rotatable bonds is 2. The van der Waals surface area contributed by atoms with Gasteiger partial charge in [0.1, 0.15) is 9.75 Å². The van der Waals surface area contributed by atoms with Crippen molar-refractivity contribution in [2.75, 3.05) is 14.2 Å². The highest BCUT2D eigenvalue weighted by Crippen LogP contribution is 2.76. The quantitative estimate of drug-likeness (QED) is 0.428. The van der Waals surface area contributed by atoms with Gasteiger partial charge in [0.25, 0.3) is 0 Å². The molecule has 1 N–H and O–H groups in total. The molecule has 0 aromatic rings. The van der Waals surface area contributed by atoms with Crippen LogP contribution >= 0.6 is 46.4 Å². The number of alkyl halides is 2. The predicted octanol–water partition coefficient (Wildman–Crippen LogP) is 2.56. The van der Waals surface area contributed by atoms with E-state index in [-0.39, 0.29) is 33.7 Å². The number of nitrogens with one attached hydrogen (secondary N) is 1. The zero-order valence-electron chi connectivity index (χ0n) is 12.9. The van der Waals surface area contributed by atoms with E-state index >= 15 is 0 Å². The molecule has 0 aromatic carbocycles. The van der Waals surface area contributed by atoms with Gasteiger partial charge in [-0.15, -0.1) is 23.2 Å². The van der Waals surface area contributed by atoms with Crippen LogP contribution in [0.2, 0.25) is 0 Å². The molecule has 1 saturated heterocycles. The first kappa shape index (κ1) is 17.4. The van der Waals surface area contributed by atoms with Crippen molar-refractivity contribution in [1.82, 2.24) is 5.32 Å². The van der Waals surface area contributed by atoms with Crippen LogP contribution in [0, 0.1) is 23.7 Å². The third kappa shape index (κ3) is 1.51. The van der Waals surface area contributed by atoms with Gasteiger partial charge in [-0.25, -0.2) is 0 Å². The van der Waals surface area contributed by atoms with Crippen molar-refractivity contribution >= 4 is 58.2 Å². The fourth-order valence-corrected chi connectivity index (χ4v) is 7.58. The van der Waals surface area contributed by atoms with E-state index in [0.29, 0.717) is 12.8 Å². The normalized spacial score (nSPS) is 48.6. The molecule has 6 atom stereocenters. The summed E-state index contributed by atoms with van der Waals surface area (Å²) >= 11 is 26.9. The van der Waals surface area contributed by atoms with Crippen molar-refractivity contribution in [3.8, 4) is 0 Å². The first-order chi connectivity index (χ1) is 11.2. The minimum absolute atomic E-state index is 0.189. The van der Waals surface area contributed by atoms with Gasteiger partial charge in [-0.2, -0.15) is 0 Å². The lowest BCUT2D eigenvalue weighted by Crippen LogP contribution is -2.57. The van der Waals surface area contributed by atoms with Gasteiger partial charge in [0.05, 0.1) is 21.9 Å². The smallest absolute Gasteiger partial charge is 0.230 e. The Morgan fingerprint density at radius 2 is 1.29 bits per heavy atom. The van der Waals surface area contributed by atoms with Crippen LogP contribution in [0.5, 0.6) is 0 Å². The molecule has 0 spiro atoms. The summed E-state index contributed by atoms with van der Waals surface area (Å²) in [6.07, 6.45) is 0.749. The Kier molecular flexibility index (Phi) is 3.64. The van der Waals surface area contributed by atoms with Gasteiger partial charge >= 0.3 is 0 Å². The minimum atomic E-state index is -1.47. The number of fused-ring (bicyclic) bond motifs is 6. The molecule has 24 heavy (non-hydrogen) atoms. The van der Waals surface area contributed by atoms with Crippen molar-refractivity contribution < 1.29 is 19.1 Å². The highest BCUT2D eigenvalue weighted by atomic mass is 35.5. The van der Waals surface area contributed by atoms with E-state index in [2.05, 4.69) is 5.32 Å². The summed E-state index contributed by atoms with van der Waals surface area (Å²) in [5.41, 5.74) is 0. The Balaban J connectivity index is 1.90. The second-order valence-electron chi connectivity index (χ2n) is 6.83. The topological polar surface area (TPSA) is 64.6 Å². The van der Waals surface area contributed by atoms with Crippen molar-refractivity contribution in [2.45, 2.75) is 28.4 Å². The van der Waals surface area contributed by atoms with Gasteiger partial charge in [0.15, 0.2) is 0 Å². The summed E-state index contributed by atoms with van der Waals surface area (Å²) < 4.78 is 11.3. The summed E-state index contributed by atoms with van der Waals surface area (Å²) in [5.74, 6) is -3.50. The molecule has 2 amide bonds. The van der Waals surface area contributed by atoms with Gasteiger partial charge in [0.2, 0.25) is 17.6 Å². The van der Waals surface area contributed by atoms with Crippen molar-refractivity contribution in [3.05, 3.63) is 10.1 Å². The highest BCUT2D eigenvalue weighted by molar-refractivity contribution is 6.52. The predicted molar refractivity (Wildman–Crippen MR) is 89.0 cm³/mol. The SMILES string of the molecule is COC1(OC)[C@@]2(Cl)C(Cl)=C(Cl)[C@]1(Cl)[C@@H]1C[C@H]3C(=O)NC(=O)[C@@H]3C[C@@H]12. The molecule has 0 radical (unpaired) electrons. The molecule has 2 bridgehead atoms. The maximum atomic E-state index is 12.1. The second kappa shape index (κ2) is 5.02. The number of ether oxygens (including phenoxy) is 2. The van der Waals surface area contributed by atoms with Crippen LogP contribution in [-0.4, -0.2) is 41.6 Å². The Labute approximate surface area is 158 Å². The van der Waals surface area contributed by atoms with Gasteiger partial charge in [-0.05, 0) is 24.7 Å². The van der Waals surface area contributed by atoms with E-state index in [1.165, 1.54) is 14.2 Å². The van der Waals surface area contributed by atoms with Gasteiger partial charge in [-0.3, -0.25) is 14.9 Å². The first-order valence-electron chi connectivity index (χ1n) is 7.59. The van der Waals surface area contributed by atoms with E-state index in [4.69, 9.17) is 55.9 Å². The molecule has 2 saturated carbocycles. The number of methoxy groups -OCH3 is 2. The summed E-state index contributed by atoms with van der Waals surface area (Å²) in [4.78, 5) is 21.6. The molecule has 1 aliphatic heterocycles. The summed E-state index contributed by atoms with van der Waals surface area (Å²) in [5, 5.41) is 2.77. The largest absolute Gasteiger partial charge is 0.350 e. The van der Waals surface area contributed by atoms with Gasteiger partial charge in [0, 0.05) is 14.2 Å².